The van der Waals surface area contributed by atoms with Crippen LogP contribution in [-0.2, 0) is 4.74 Å². The molecule has 0 amide bonds. The summed E-state index contributed by atoms with van der Waals surface area (Å²) in [5.74, 6) is 0.769. The average molecular weight is 387 g/mol. The molecule has 0 aliphatic carbocycles. The maximum Gasteiger partial charge on any atom is 0.148 e. The van der Waals surface area contributed by atoms with E-state index in [1.54, 1.807) is 24.5 Å². The molecule has 1 aromatic carbocycles. The number of rotatable bonds is 3. The maximum atomic E-state index is 9.92. The van der Waals surface area contributed by atoms with Crippen molar-refractivity contribution in [1.82, 2.24) is 9.97 Å². The Labute approximate surface area is 159 Å². The van der Waals surface area contributed by atoms with Crippen molar-refractivity contribution < 1.29 is 9.84 Å². The van der Waals surface area contributed by atoms with Crippen molar-refractivity contribution in [2.75, 3.05) is 31.2 Å². The summed E-state index contributed by atoms with van der Waals surface area (Å²) in [4.78, 5) is 10.5. The van der Waals surface area contributed by atoms with E-state index in [4.69, 9.17) is 16.3 Å². The lowest BCUT2D eigenvalue weighted by Crippen LogP contribution is -2.36. The topological polar surface area (TPSA) is 85.2 Å². The van der Waals surface area contributed by atoms with Gasteiger partial charge in [0.05, 0.1) is 28.7 Å². The summed E-state index contributed by atoms with van der Waals surface area (Å²) >= 11 is 7.91. The number of thiophene rings is 1. The molecule has 1 aliphatic rings. The minimum absolute atomic E-state index is 0.0837. The number of nitriles is 1. The molecule has 8 heteroatoms. The third kappa shape index (κ3) is 2.92. The fourth-order valence-corrected chi connectivity index (χ4v) is 4.58. The van der Waals surface area contributed by atoms with Crippen molar-refractivity contribution in [2.24, 2.45) is 0 Å². The van der Waals surface area contributed by atoms with Gasteiger partial charge in [-0.05, 0) is 18.2 Å². The number of H-pyrrole nitrogens is 1. The van der Waals surface area contributed by atoms with Gasteiger partial charge in [0.1, 0.15) is 22.6 Å². The van der Waals surface area contributed by atoms with Gasteiger partial charge in [0.2, 0.25) is 0 Å². The Hall–Kier alpha value is -2.53. The summed E-state index contributed by atoms with van der Waals surface area (Å²) in [6.45, 7) is 2.73. The quantitative estimate of drug-likeness (QED) is 0.713. The summed E-state index contributed by atoms with van der Waals surface area (Å²) in [6.07, 6.45) is 3.43. The number of anilines is 1. The fraction of sp³-hybridized carbons (Fsp3) is 0.222. The molecular formula is C18H15ClN4O2S. The van der Waals surface area contributed by atoms with Crippen LogP contribution in [0.15, 0.2) is 30.6 Å². The number of imidazole rings is 1. The van der Waals surface area contributed by atoms with Gasteiger partial charge in [0.15, 0.2) is 0 Å². The number of aromatic hydroxyl groups is 1. The molecule has 6 nitrogen and oxygen atoms in total. The highest BCUT2D eigenvalue weighted by molar-refractivity contribution is 7.20. The Kier molecular flexibility index (Phi) is 4.55. The van der Waals surface area contributed by atoms with Crippen LogP contribution < -0.4 is 4.90 Å². The molecule has 0 bridgehead atoms. The van der Waals surface area contributed by atoms with Gasteiger partial charge in [-0.15, -0.1) is 11.3 Å². The van der Waals surface area contributed by atoms with Gasteiger partial charge in [-0.2, -0.15) is 5.26 Å². The van der Waals surface area contributed by atoms with Crippen LogP contribution in [0.3, 0.4) is 0 Å². The van der Waals surface area contributed by atoms with Crippen LogP contribution in [0, 0.1) is 11.3 Å². The zero-order chi connectivity index (χ0) is 18.1. The Balaban J connectivity index is 1.95. The van der Waals surface area contributed by atoms with Gasteiger partial charge in [0.25, 0.3) is 0 Å². The number of halogens is 1. The maximum absolute atomic E-state index is 9.92. The van der Waals surface area contributed by atoms with Crippen LogP contribution >= 0.6 is 22.9 Å². The van der Waals surface area contributed by atoms with Crippen molar-refractivity contribution in [2.45, 2.75) is 0 Å². The molecule has 1 aliphatic heterocycles. The Morgan fingerprint density at radius 1 is 1.35 bits per heavy atom. The van der Waals surface area contributed by atoms with Crippen molar-refractivity contribution in [3.8, 4) is 33.6 Å². The number of nitrogens with one attached hydrogen (secondary N) is 1. The lowest BCUT2D eigenvalue weighted by molar-refractivity contribution is 0.123. The first-order valence-electron chi connectivity index (χ1n) is 8.07. The zero-order valence-electron chi connectivity index (χ0n) is 13.7. The van der Waals surface area contributed by atoms with E-state index in [2.05, 4.69) is 20.9 Å². The van der Waals surface area contributed by atoms with E-state index in [0.29, 0.717) is 35.2 Å². The van der Waals surface area contributed by atoms with Crippen LogP contribution in [0.1, 0.15) is 5.56 Å². The van der Waals surface area contributed by atoms with E-state index in [9.17, 15) is 10.4 Å². The number of aromatic nitrogens is 2. The van der Waals surface area contributed by atoms with E-state index in [-0.39, 0.29) is 5.75 Å². The highest BCUT2D eigenvalue weighted by Crippen LogP contribution is 2.48. The molecule has 3 heterocycles. The fourth-order valence-electron chi connectivity index (χ4n) is 3.03. The number of phenolic OH excluding ortho intramolecular Hbond substituents is 1. The number of morpholine rings is 1. The molecule has 0 atom stereocenters. The second-order valence-corrected chi connectivity index (χ2v) is 7.21. The number of benzene rings is 1. The molecule has 0 radical (unpaired) electrons. The van der Waals surface area contributed by atoms with Crippen LogP contribution in [0.2, 0.25) is 5.02 Å². The van der Waals surface area contributed by atoms with E-state index >= 15 is 0 Å². The first-order chi connectivity index (χ1) is 12.7. The third-order valence-corrected chi connectivity index (χ3v) is 5.81. The van der Waals surface area contributed by atoms with Crippen molar-refractivity contribution in [1.29, 1.82) is 5.26 Å². The Morgan fingerprint density at radius 2 is 2.15 bits per heavy atom. The zero-order valence-corrected chi connectivity index (χ0v) is 15.3. The smallest absolute Gasteiger partial charge is 0.148 e. The number of aromatic amines is 1. The Morgan fingerprint density at radius 3 is 2.81 bits per heavy atom. The number of phenols is 1. The summed E-state index contributed by atoms with van der Waals surface area (Å²) in [5.41, 5.74) is 2.00. The Bertz CT molecular complexity index is 972. The minimum atomic E-state index is 0.0837. The molecule has 2 aromatic heterocycles. The van der Waals surface area contributed by atoms with E-state index in [1.165, 1.54) is 17.4 Å². The second kappa shape index (κ2) is 7.00. The lowest BCUT2D eigenvalue weighted by Gasteiger charge is -2.27. The number of hydrogen-bond acceptors (Lipinski definition) is 6. The number of ether oxygens (including phenoxy) is 1. The second-order valence-electron chi connectivity index (χ2n) is 5.80. The van der Waals surface area contributed by atoms with Gasteiger partial charge in [-0.25, -0.2) is 4.98 Å². The predicted octanol–water partition coefficient (Wildman–Crippen LogP) is 3.87. The molecule has 0 saturated carbocycles. The molecule has 2 N–H and O–H groups in total. The molecule has 0 spiro atoms. The molecule has 132 valence electrons. The molecule has 1 saturated heterocycles. The average Bonchev–Trinajstić information content (AvgIpc) is 3.30. The van der Waals surface area contributed by atoms with Crippen molar-refractivity contribution >= 4 is 27.9 Å². The van der Waals surface area contributed by atoms with Gasteiger partial charge >= 0.3 is 0 Å². The summed E-state index contributed by atoms with van der Waals surface area (Å²) in [7, 11) is 0. The molecule has 1 fully saturated rings. The van der Waals surface area contributed by atoms with Crippen molar-refractivity contribution in [3.05, 3.63) is 41.2 Å². The summed E-state index contributed by atoms with van der Waals surface area (Å²) in [6, 6.07) is 7.13. The first-order valence-corrected chi connectivity index (χ1v) is 9.26. The van der Waals surface area contributed by atoms with Gasteiger partial charge < -0.3 is 19.7 Å². The van der Waals surface area contributed by atoms with Gasteiger partial charge in [-0.1, -0.05) is 11.6 Å². The van der Waals surface area contributed by atoms with Crippen LogP contribution in [0.25, 0.3) is 21.8 Å². The molecular weight excluding hydrogens is 372 g/mol. The van der Waals surface area contributed by atoms with Gasteiger partial charge in [0, 0.05) is 36.6 Å². The minimum Gasteiger partial charge on any atom is -0.508 e. The highest BCUT2D eigenvalue weighted by atomic mass is 35.5. The van der Waals surface area contributed by atoms with E-state index in [0.717, 1.165) is 28.5 Å². The summed E-state index contributed by atoms with van der Waals surface area (Å²) < 4.78 is 5.43. The van der Waals surface area contributed by atoms with Crippen LogP contribution in [-0.4, -0.2) is 41.4 Å². The molecule has 0 unspecified atom stereocenters. The molecule has 26 heavy (non-hydrogen) atoms. The molecule has 3 aromatic rings. The predicted molar refractivity (Wildman–Crippen MR) is 102 cm³/mol. The van der Waals surface area contributed by atoms with Gasteiger partial charge in [-0.3, -0.25) is 0 Å². The monoisotopic (exact) mass is 386 g/mol. The van der Waals surface area contributed by atoms with E-state index in [1.807, 2.05) is 0 Å². The highest BCUT2D eigenvalue weighted by Gasteiger charge is 2.27. The number of hydrogen-bond donors (Lipinski definition) is 2. The summed E-state index contributed by atoms with van der Waals surface area (Å²) in [5, 5.41) is 20.9. The SMILES string of the molecule is N#Cc1c(N2CCOCC2)sc(-c2ncc[nH]2)c1-c1ccc(O)cc1Cl. The van der Waals surface area contributed by atoms with Crippen LogP contribution in [0.5, 0.6) is 5.75 Å². The molecule has 4 rings (SSSR count). The van der Waals surface area contributed by atoms with Crippen LogP contribution in [0.4, 0.5) is 5.00 Å². The lowest BCUT2D eigenvalue weighted by atomic mass is 10.0. The normalized spacial score (nSPS) is 14.4. The third-order valence-electron chi connectivity index (χ3n) is 4.24. The number of nitrogens with zero attached hydrogens (tertiary/aromatic N) is 3. The largest absolute Gasteiger partial charge is 0.508 e. The first kappa shape index (κ1) is 16.9. The van der Waals surface area contributed by atoms with E-state index < -0.39 is 0 Å². The standard InChI is InChI=1S/C18H15ClN4O2S/c19-14-9-11(24)1-2-12(14)15-13(10-20)18(23-5-7-25-8-6-23)26-16(15)17-21-3-4-22-17/h1-4,9,24H,5-8H2,(H,21,22). The van der Waals surface area contributed by atoms with Crippen molar-refractivity contribution in [3.63, 3.8) is 0 Å².